The van der Waals surface area contributed by atoms with E-state index in [1.54, 1.807) is 25.4 Å². The van der Waals surface area contributed by atoms with Gasteiger partial charge in [0.2, 0.25) is 5.88 Å². The summed E-state index contributed by atoms with van der Waals surface area (Å²) in [7, 11) is 1.56. The molecule has 1 fully saturated rings. The largest absolute Gasteiger partial charge is 0.481 e. The second-order valence-corrected chi connectivity index (χ2v) is 8.93. The van der Waals surface area contributed by atoms with Gasteiger partial charge < -0.3 is 20.3 Å². The maximum absolute atomic E-state index is 13.2. The summed E-state index contributed by atoms with van der Waals surface area (Å²) < 4.78 is 5.11. The second kappa shape index (κ2) is 7.63. The second-order valence-electron chi connectivity index (χ2n) is 8.93. The Kier molecular flexibility index (Phi) is 5.13. The van der Waals surface area contributed by atoms with Gasteiger partial charge in [-0.05, 0) is 51.8 Å². The molecule has 30 heavy (non-hydrogen) atoms. The minimum atomic E-state index is -0.449. The van der Waals surface area contributed by atoms with Crippen LogP contribution in [-0.4, -0.2) is 52.9 Å². The van der Waals surface area contributed by atoms with E-state index in [2.05, 4.69) is 42.5 Å². The third kappa shape index (κ3) is 3.97. The van der Waals surface area contributed by atoms with Crippen LogP contribution in [0.15, 0.2) is 47.6 Å². The smallest absolute Gasteiger partial charge is 0.255 e. The molecule has 1 aromatic heterocycles. The van der Waals surface area contributed by atoms with Gasteiger partial charge in [0.05, 0.1) is 36.1 Å². The molecule has 0 saturated carbocycles. The van der Waals surface area contributed by atoms with Gasteiger partial charge in [0.25, 0.3) is 5.91 Å². The van der Waals surface area contributed by atoms with Crippen LogP contribution in [0, 0.1) is 0 Å². The van der Waals surface area contributed by atoms with Crippen LogP contribution in [0.25, 0.3) is 0 Å². The lowest BCUT2D eigenvalue weighted by Crippen LogP contribution is -2.63. The minimum absolute atomic E-state index is 0.0278. The topological polar surface area (TPSA) is 78.9 Å². The highest BCUT2D eigenvalue weighted by Gasteiger charge is 2.45. The molecule has 1 unspecified atom stereocenters. The van der Waals surface area contributed by atoms with Gasteiger partial charge in [-0.3, -0.25) is 9.79 Å². The van der Waals surface area contributed by atoms with Crippen LogP contribution in [0.3, 0.4) is 0 Å². The van der Waals surface area contributed by atoms with E-state index in [1.165, 1.54) is 0 Å². The SMILES string of the molecule is COc1ccc(C(=O)N2CCCC3(C2)Nc2ccccc2NC3=NC(C)(C)C)cn1. The standard InChI is InChI=1S/C23H29N5O2/c1-22(2,3)27-21-23(26-18-9-6-5-8-17(18)25-21)12-7-13-28(15-23)20(29)16-10-11-19(30-4)24-14-16/h5-6,8-11,14,26H,7,12-13,15H2,1-4H3,(H,25,27). The van der Waals surface area contributed by atoms with Gasteiger partial charge in [0, 0.05) is 18.8 Å². The number of carbonyl (C=O) groups excluding carboxylic acids is 1. The molecular weight excluding hydrogens is 378 g/mol. The molecule has 2 aliphatic heterocycles. The molecular formula is C23H29N5O2. The van der Waals surface area contributed by atoms with Gasteiger partial charge in [-0.2, -0.15) is 0 Å². The summed E-state index contributed by atoms with van der Waals surface area (Å²) in [6.07, 6.45) is 3.36. The number of rotatable bonds is 2. The number of carbonyl (C=O) groups is 1. The van der Waals surface area contributed by atoms with Gasteiger partial charge in [-0.1, -0.05) is 12.1 Å². The Bertz CT molecular complexity index is 964. The fourth-order valence-electron chi connectivity index (χ4n) is 4.07. The maximum atomic E-state index is 13.2. The fraction of sp³-hybridized carbons (Fsp3) is 0.435. The molecule has 0 aliphatic carbocycles. The summed E-state index contributed by atoms with van der Waals surface area (Å²) in [5.41, 5.74) is 1.91. The van der Waals surface area contributed by atoms with Crippen molar-refractivity contribution in [3.8, 4) is 5.88 Å². The zero-order valence-electron chi connectivity index (χ0n) is 18.0. The first-order valence-corrected chi connectivity index (χ1v) is 10.3. The summed E-state index contributed by atoms with van der Waals surface area (Å²) in [6, 6.07) is 11.6. The number of nitrogens with zero attached hydrogens (tertiary/aromatic N) is 3. The highest BCUT2D eigenvalue weighted by Crippen LogP contribution is 2.37. The van der Waals surface area contributed by atoms with Gasteiger partial charge >= 0.3 is 0 Å². The summed E-state index contributed by atoms with van der Waals surface area (Å²) in [5.74, 6) is 1.36. The lowest BCUT2D eigenvalue weighted by molar-refractivity contribution is 0.0694. The summed E-state index contributed by atoms with van der Waals surface area (Å²) >= 11 is 0. The number of amides is 1. The van der Waals surface area contributed by atoms with Crippen molar-refractivity contribution in [3.63, 3.8) is 0 Å². The van der Waals surface area contributed by atoms with E-state index in [0.717, 1.165) is 30.1 Å². The number of anilines is 2. The fourth-order valence-corrected chi connectivity index (χ4v) is 4.07. The number of aliphatic imine (C=N–C) groups is 1. The van der Waals surface area contributed by atoms with Gasteiger partial charge in [0.15, 0.2) is 0 Å². The van der Waals surface area contributed by atoms with E-state index in [1.807, 2.05) is 23.1 Å². The molecule has 7 nitrogen and oxygen atoms in total. The molecule has 2 N–H and O–H groups in total. The molecule has 1 aromatic carbocycles. The molecule has 1 atom stereocenters. The molecule has 1 amide bonds. The van der Waals surface area contributed by atoms with E-state index >= 15 is 0 Å². The van der Waals surface area contributed by atoms with Gasteiger partial charge in [-0.25, -0.2) is 4.98 Å². The van der Waals surface area contributed by atoms with E-state index in [-0.39, 0.29) is 11.4 Å². The first kappa shape index (κ1) is 20.2. The molecule has 3 heterocycles. The molecule has 2 aromatic rings. The summed E-state index contributed by atoms with van der Waals surface area (Å²) in [5, 5.41) is 7.27. The first-order valence-electron chi connectivity index (χ1n) is 10.3. The van der Waals surface area contributed by atoms with E-state index in [0.29, 0.717) is 24.5 Å². The number of para-hydroxylation sites is 2. The normalized spacial score (nSPS) is 22.3. The van der Waals surface area contributed by atoms with E-state index in [4.69, 9.17) is 9.73 Å². The predicted molar refractivity (Wildman–Crippen MR) is 120 cm³/mol. The number of piperidine rings is 1. The first-order chi connectivity index (χ1) is 14.3. The Morgan fingerprint density at radius 1 is 1.20 bits per heavy atom. The number of aromatic nitrogens is 1. The predicted octanol–water partition coefficient (Wildman–Crippen LogP) is 3.80. The highest BCUT2D eigenvalue weighted by atomic mass is 16.5. The summed E-state index contributed by atoms with van der Waals surface area (Å²) in [6.45, 7) is 7.51. The zero-order chi connectivity index (χ0) is 21.4. The van der Waals surface area contributed by atoms with Crippen LogP contribution in [0.1, 0.15) is 44.0 Å². The van der Waals surface area contributed by atoms with Crippen molar-refractivity contribution in [2.75, 3.05) is 30.8 Å². The van der Waals surface area contributed by atoms with Crippen molar-refractivity contribution in [3.05, 3.63) is 48.2 Å². The number of methoxy groups -OCH3 is 1. The quantitative estimate of drug-likeness (QED) is 0.792. The van der Waals surface area contributed by atoms with Crippen molar-refractivity contribution in [1.82, 2.24) is 9.88 Å². The van der Waals surface area contributed by atoms with E-state index < -0.39 is 5.54 Å². The number of likely N-dealkylation sites (tertiary alicyclic amines) is 1. The Labute approximate surface area is 177 Å². The number of pyridine rings is 1. The molecule has 0 bridgehead atoms. The molecule has 0 radical (unpaired) electrons. The zero-order valence-corrected chi connectivity index (χ0v) is 18.0. The number of fused-ring (bicyclic) bond motifs is 1. The van der Waals surface area contributed by atoms with Crippen molar-refractivity contribution in [2.45, 2.75) is 44.7 Å². The average molecular weight is 408 g/mol. The Balaban J connectivity index is 1.66. The number of hydrogen-bond acceptors (Lipinski definition) is 5. The van der Waals surface area contributed by atoms with Crippen LogP contribution >= 0.6 is 0 Å². The van der Waals surface area contributed by atoms with Crippen LogP contribution in [0.5, 0.6) is 5.88 Å². The van der Waals surface area contributed by atoms with Crippen molar-refractivity contribution in [1.29, 1.82) is 0 Å². The third-order valence-corrected chi connectivity index (χ3v) is 5.43. The lowest BCUT2D eigenvalue weighted by Gasteiger charge is -2.47. The number of nitrogens with one attached hydrogen (secondary N) is 2. The van der Waals surface area contributed by atoms with Crippen LogP contribution in [-0.2, 0) is 0 Å². The van der Waals surface area contributed by atoms with Gasteiger partial charge in [0.1, 0.15) is 11.4 Å². The van der Waals surface area contributed by atoms with Crippen LogP contribution in [0.4, 0.5) is 11.4 Å². The van der Waals surface area contributed by atoms with Crippen molar-refractivity contribution >= 4 is 23.1 Å². The molecule has 158 valence electrons. The van der Waals surface area contributed by atoms with Gasteiger partial charge in [-0.15, -0.1) is 0 Å². The molecule has 4 rings (SSSR count). The third-order valence-electron chi connectivity index (χ3n) is 5.43. The number of amidine groups is 1. The van der Waals surface area contributed by atoms with Crippen molar-refractivity contribution in [2.24, 2.45) is 4.99 Å². The van der Waals surface area contributed by atoms with Crippen LogP contribution < -0.4 is 15.4 Å². The maximum Gasteiger partial charge on any atom is 0.255 e. The number of hydrogen-bond donors (Lipinski definition) is 2. The Morgan fingerprint density at radius 3 is 2.63 bits per heavy atom. The number of ether oxygens (including phenoxy) is 1. The minimum Gasteiger partial charge on any atom is -0.481 e. The molecule has 1 saturated heterocycles. The molecule has 7 heteroatoms. The molecule has 1 spiro atoms. The van der Waals surface area contributed by atoms with Crippen LogP contribution in [0.2, 0.25) is 0 Å². The Hall–Kier alpha value is -3.09. The Morgan fingerprint density at radius 2 is 1.97 bits per heavy atom. The van der Waals surface area contributed by atoms with Crippen molar-refractivity contribution < 1.29 is 9.53 Å². The lowest BCUT2D eigenvalue weighted by atomic mass is 9.84. The van der Waals surface area contributed by atoms with E-state index in [9.17, 15) is 4.79 Å². The highest BCUT2D eigenvalue weighted by molar-refractivity contribution is 6.10. The molecule has 2 aliphatic rings. The summed E-state index contributed by atoms with van der Waals surface area (Å²) in [4.78, 5) is 24.3. The number of benzene rings is 1. The average Bonchev–Trinajstić information content (AvgIpc) is 2.73. The monoisotopic (exact) mass is 407 g/mol.